The van der Waals surface area contributed by atoms with E-state index >= 15 is 0 Å². The first-order chi connectivity index (χ1) is 9.31. The van der Waals surface area contributed by atoms with Crippen molar-refractivity contribution >= 4 is 17.1 Å². The molecule has 19 heavy (non-hydrogen) atoms. The minimum absolute atomic E-state index is 0.209. The molecule has 4 rings (SSSR count). The summed E-state index contributed by atoms with van der Waals surface area (Å²) in [6, 6.07) is 8.54. The van der Waals surface area contributed by atoms with Crippen molar-refractivity contribution < 1.29 is 4.79 Å². The van der Waals surface area contributed by atoms with Crippen LogP contribution in [0, 0.1) is 0 Å². The van der Waals surface area contributed by atoms with E-state index in [4.69, 9.17) is 0 Å². The Kier molecular flexibility index (Phi) is 2.41. The summed E-state index contributed by atoms with van der Waals surface area (Å²) in [5.74, 6) is 0.560. The van der Waals surface area contributed by atoms with E-state index in [1.807, 2.05) is 18.2 Å². The van der Waals surface area contributed by atoms with Crippen molar-refractivity contribution in [3.05, 3.63) is 56.8 Å². The van der Waals surface area contributed by atoms with Gasteiger partial charge in [0.25, 0.3) is 0 Å². The van der Waals surface area contributed by atoms with Crippen LogP contribution in [0.1, 0.15) is 51.2 Å². The molecular weight excluding hydrogens is 254 g/mol. The van der Waals surface area contributed by atoms with E-state index in [1.54, 1.807) is 11.3 Å². The van der Waals surface area contributed by atoms with Gasteiger partial charge in [0.15, 0.2) is 5.78 Å². The summed E-state index contributed by atoms with van der Waals surface area (Å²) in [6.07, 6.45) is 1.09. The average Bonchev–Trinajstić information content (AvgIpc) is 2.89. The zero-order valence-corrected chi connectivity index (χ0v) is 11.6. The quantitative estimate of drug-likeness (QED) is 0.860. The maximum absolute atomic E-state index is 12.6. The Balaban J connectivity index is 2.02. The second kappa shape index (κ2) is 4.02. The van der Waals surface area contributed by atoms with Gasteiger partial charge >= 0.3 is 0 Å². The molecular formula is C16H15NOS. The summed E-state index contributed by atoms with van der Waals surface area (Å²) in [5, 5.41) is 5.68. The minimum Gasteiger partial charge on any atom is -0.308 e. The Morgan fingerprint density at radius 3 is 3.00 bits per heavy atom. The molecule has 0 radical (unpaired) electrons. The number of ketones is 1. The van der Waals surface area contributed by atoms with E-state index in [0.29, 0.717) is 12.0 Å². The first-order valence-electron chi connectivity index (χ1n) is 6.78. The molecule has 3 heteroatoms. The third kappa shape index (κ3) is 1.43. The van der Waals surface area contributed by atoms with E-state index in [-0.39, 0.29) is 5.78 Å². The van der Waals surface area contributed by atoms with Crippen LogP contribution in [0.4, 0.5) is 0 Å². The molecule has 1 N–H and O–H groups in total. The highest BCUT2D eigenvalue weighted by molar-refractivity contribution is 7.10. The second-order valence-corrected chi connectivity index (χ2v) is 6.24. The van der Waals surface area contributed by atoms with Crippen LogP contribution in [0.5, 0.6) is 0 Å². The van der Waals surface area contributed by atoms with Crippen molar-refractivity contribution in [1.29, 1.82) is 0 Å². The normalized spacial score (nSPS) is 23.9. The van der Waals surface area contributed by atoms with Gasteiger partial charge in [-0.3, -0.25) is 4.79 Å². The molecule has 2 atom stereocenters. The molecule has 0 amide bonds. The summed E-state index contributed by atoms with van der Waals surface area (Å²) >= 11 is 1.72. The molecule has 1 aromatic heterocycles. The second-order valence-electron chi connectivity index (χ2n) is 5.28. The van der Waals surface area contributed by atoms with Crippen molar-refractivity contribution in [2.24, 2.45) is 0 Å². The van der Waals surface area contributed by atoms with Gasteiger partial charge in [-0.15, -0.1) is 11.3 Å². The van der Waals surface area contributed by atoms with Crippen LogP contribution in [-0.4, -0.2) is 11.8 Å². The molecule has 0 fully saturated rings. The van der Waals surface area contributed by atoms with Gasteiger partial charge in [-0.2, -0.15) is 0 Å². The molecule has 2 unspecified atom stereocenters. The third-order valence-corrected chi connectivity index (χ3v) is 5.38. The predicted molar refractivity (Wildman–Crippen MR) is 77.0 cm³/mol. The maximum atomic E-state index is 12.6. The van der Waals surface area contributed by atoms with Crippen molar-refractivity contribution in [2.75, 3.05) is 0 Å². The largest absolute Gasteiger partial charge is 0.308 e. The number of carbonyl (C=O) groups excluding carboxylic acids is 1. The van der Waals surface area contributed by atoms with E-state index in [0.717, 1.165) is 24.1 Å². The van der Waals surface area contributed by atoms with Gasteiger partial charge in [-0.1, -0.05) is 31.2 Å². The molecule has 2 nitrogen and oxygen atoms in total. The highest BCUT2D eigenvalue weighted by atomic mass is 32.1. The van der Waals surface area contributed by atoms with Crippen LogP contribution < -0.4 is 5.32 Å². The van der Waals surface area contributed by atoms with Crippen molar-refractivity contribution in [3.63, 3.8) is 0 Å². The Morgan fingerprint density at radius 1 is 1.32 bits per heavy atom. The molecule has 0 saturated heterocycles. The molecule has 1 aromatic carbocycles. The fraction of sp³-hybridized carbons (Fsp3) is 0.312. The lowest BCUT2D eigenvalue weighted by molar-refractivity contribution is 0.103. The summed E-state index contributed by atoms with van der Waals surface area (Å²) < 4.78 is 0. The number of thiophene rings is 1. The molecule has 0 spiro atoms. The molecule has 2 heterocycles. The van der Waals surface area contributed by atoms with Crippen LogP contribution in [-0.2, 0) is 6.54 Å². The van der Waals surface area contributed by atoms with E-state index in [1.165, 1.54) is 16.0 Å². The van der Waals surface area contributed by atoms with E-state index in [9.17, 15) is 4.79 Å². The summed E-state index contributed by atoms with van der Waals surface area (Å²) in [5.41, 5.74) is 4.35. The number of hydrogen-bond acceptors (Lipinski definition) is 3. The van der Waals surface area contributed by atoms with Crippen molar-refractivity contribution in [2.45, 2.75) is 31.8 Å². The summed E-state index contributed by atoms with van der Waals surface area (Å²) in [6.45, 7) is 3.12. The zero-order valence-electron chi connectivity index (χ0n) is 10.8. The van der Waals surface area contributed by atoms with Crippen molar-refractivity contribution in [1.82, 2.24) is 5.32 Å². The van der Waals surface area contributed by atoms with Gasteiger partial charge in [0, 0.05) is 39.9 Å². The van der Waals surface area contributed by atoms with Gasteiger partial charge in [0.05, 0.1) is 0 Å². The highest BCUT2D eigenvalue weighted by Crippen LogP contribution is 2.45. The Morgan fingerprint density at radius 2 is 2.16 bits per heavy atom. The molecule has 2 aliphatic rings. The standard InChI is InChI=1S/C16H15NOS/c1-2-12-14-9-5-3-4-6-10(9)16(18)11-8-19-13(7-17-12)15(11)14/h3-6,8,12,14,17H,2,7H2,1H3. The predicted octanol–water partition coefficient (Wildman–Crippen LogP) is 3.31. The lowest BCUT2D eigenvalue weighted by Gasteiger charge is -2.36. The number of rotatable bonds is 1. The summed E-state index contributed by atoms with van der Waals surface area (Å²) in [4.78, 5) is 13.9. The molecule has 0 saturated carbocycles. The molecule has 1 aliphatic carbocycles. The lowest BCUT2D eigenvalue weighted by Crippen LogP contribution is -2.41. The van der Waals surface area contributed by atoms with Crippen LogP contribution in [0.15, 0.2) is 29.6 Å². The maximum Gasteiger partial charge on any atom is 0.194 e. The number of benzene rings is 1. The van der Waals surface area contributed by atoms with Crippen LogP contribution >= 0.6 is 11.3 Å². The molecule has 1 aliphatic heterocycles. The van der Waals surface area contributed by atoms with Crippen LogP contribution in [0.2, 0.25) is 0 Å². The fourth-order valence-electron chi connectivity index (χ4n) is 3.48. The smallest absolute Gasteiger partial charge is 0.194 e. The number of carbonyl (C=O) groups is 1. The zero-order chi connectivity index (χ0) is 13.0. The highest BCUT2D eigenvalue weighted by Gasteiger charge is 2.39. The topological polar surface area (TPSA) is 29.1 Å². The van der Waals surface area contributed by atoms with Gasteiger partial charge in [-0.05, 0) is 17.5 Å². The number of nitrogens with one attached hydrogen (secondary N) is 1. The lowest BCUT2D eigenvalue weighted by atomic mass is 9.73. The Hall–Kier alpha value is -1.45. The van der Waals surface area contributed by atoms with Crippen molar-refractivity contribution in [3.8, 4) is 0 Å². The first kappa shape index (κ1) is 11.4. The Bertz CT molecular complexity index is 673. The number of fused-ring (bicyclic) bond motifs is 2. The van der Waals surface area contributed by atoms with Crippen LogP contribution in [0.3, 0.4) is 0 Å². The molecule has 2 aromatic rings. The SMILES string of the molecule is CCC1NCc2scc3c2C1c1ccccc1C3=O. The third-order valence-electron chi connectivity index (χ3n) is 4.37. The van der Waals surface area contributed by atoms with E-state index in [2.05, 4.69) is 23.7 Å². The molecule has 0 bridgehead atoms. The van der Waals surface area contributed by atoms with Gasteiger partial charge < -0.3 is 5.32 Å². The summed E-state index contributed by atoms with van der Waals surface area (Å²) in [7, 11) is 0. The monoisotopic (exact) mass is 269 g/mol. The number of hydrogen-bond donors (Lipinski definition) is 1. The minimum atomic E-state index is 0.209. The van der Waals surface area contributed by atoms with Gasteiger partial charge in [0.2, 0.25) is 0 Å². The van der Waals surface area contributed by atoms with Gasteiger partial charge in [0.1, 0.15) is 0 Å². The fourth-order valence-corrected chi connectivity index (χ4v) is 4.50. The molecule has 96 valence electrons. The van der Waals surface area contributed by atoms with E-state index < -0.39 is 0 Å². The van der Waals surface area contributed by atoms with Crippen LogP contribution in [0.25, 0.3) is 0 Å². The average molecular weight is 269 g/mol. The first-order valence-corrected chi connectivity index (χ1v) is 7.66. The van der Waals surface area contributed by atoms with Gasteiger partial charge in [-0.25, -0.2) is 0 Å². The Labute approximate surface area is 116 Å².